The molecular formula is C26H35N3O. The molecule has 2 aliphatic heterocycles. The molecule has 4 heteroatoms. The number of hydrogen-bond donors (Lipinski definition) is 1. The highest BCUT2D eigenvalue weighted by Gasteiger charge is 2.17. The second-order valence-electron chi connectivity index (χ2n) is 9.01. The maximum atomic E-state index is 12.5. The van der Waals surface area contributed by atoms with Crippen LogP contribution in [0.4, 0.5) is 5.69 Å². The van der Waals surface area contributed by atoms with Crippen molar-refractivity contribution in [1.29, 1.82) is 0 Å². The van der Waals surface area contributed by atoms with Gasteiger partial charge in [-0.1, -0.05) is 37.3 Å². The molecule has 0 bridgehead atoms. The highest BCUT2D eigenvalue weighted by atomic mass is 16.1. The van der Waals surface area contributed by atoms with Crippen molar-refractivity contribution >= 4 is 11.6 Å². The number of nitrogens with zero attached hydrogens (tertiary/aromatic N) is 2. The first-order chi connectivity index (χ1) is 14.7. The largest absolute Gasteiger partial charge is 0.371 e. The molecule has 160 valence electrons. The van der Waals surface area contributed by atoms with Crippen LogP contribution in [-0.2, 0) is 13.0 Å². The van der Waals surface area contributed by atoms with E-state index in [2.05, 4.69) is 58.4 Å². The first kappa shape index (κ1) is 20.9. The van der Waals surface area contributed by atoms with Gasteiger partial charge in [0, 0.05) is 44.0 Å². The second kappa shape index (κ2) is 10.1. The number of carbonyl (C=O) groups is 1. The Bertz CT molecular complexity index is 832. The maximum Gasteiger partial charge on any atom is 0.251 e. The minimum absolute atomic E-state index is 0.0344. The minimum Gasteiger partial charge on any atom is -0.371 e. The summed E-state index contributed by atoms with van der Waals surface area (Å²) in [7, 11) is 0. The number of rotatable bonds is 7. The fraction of sp³-hybridized carbons (Fsp3) is 0.500. The van der Waals surface area contributed by atoms with Crippen molar-refractivity contribution in [1.82, 2.24) is 10.2 Å². The van der Waals surface area contributed by atoms with E-state index in [1.165, 1.54) is 55.6 Å². The average molecular weight is 406 g/mol. The second-order valence-corrected chi connectivity index (χ2v) is 9.01. The van der Waals surface area contributed by atoms with Crippen LogP contribution in [0.5, 0.6) is 0 Å². The molecule has 2 aliphatic rings. The Labute approximate surface area is 181 Å². The van der Waals surface area contributed by atoms with Crippen molar-refractivity contribution in [2.45, 2.75) is 45.6 Å². The average Bonchev–Trinajstić information content (AvgIpc) is 2.77. The standard InChI is InChI=1S/C26H35N3O/c1-21-7-4-16-28(19-21)20-22-11-13-24(14-12-22)26(30)27-15-6-18-29-17-5-9-23-8-2-3-10-25(23)29/h2-3,8,10-14,21H,4-7,9,15-20H2,1H3,(H,27,30)/t21-/m0/s1. The van der Waals surface area contributed by atoms with Crippen molar-refractivity contribution < 1.29 is 4.79 Å². The van der Waals surface area contributed by atoms with Crippen molar-refractivity contribution in [3.8, 4) is 0 Å². The van der Waals surface area contributed by atoms with E-state index in [0.29, 0.717) is 6.54 Å². The first-order valence-electron chi connectivity index (χ1n) is 11.6. The number of likely N-dealkylation sites (tertiary alicyclic amines) is 1. The third kappa shape index (κ3) is 5.42. The zero-order chi connectivity index (χ0) is 20.8. The highest BCUT2D eigenvalue weighted by Crippen LogP contribution is 2.26. The molecule has 0 saturated carbocycles. The summed E-state index contributed by atoms with van der Waals surface area (Å²) in [4.78, 5) is 17.5. The van der Waals surface area contributed by atoms with E-state index in [-0.39, 0.29) is 5.91 Å². The molecule has 1 atom stereocenters. The number of hydrogen-bond acceptors (Lipinski definition) is 3. The molecular weight excluding hydrogens is 370 g/mol. The Morgan fingerprint density at radius 3 is 2.73 bits per heavy atom. The number of aryl methyl sites for hydroxylation is 1. The van der Waals surface area contributed by atoms with Gasteiger partial charge in [-0.2, -0.15) is 0 Å². The molecule has 1 fully saturated rings. The van der Waals surface area contributed by atoms with Crippen LogP contribution < -0.4 is 10.2 Å². The molecule has 1 amide bonds. The van der Waals surface area contributed by atoms with E-state index in [0.717, 1.165) is 37.5 Å². The van der Waals surface area contributed by atoms with Gasteiger partial charge in [0.15, 0.2) is 0 Å². The predicted molar refractivity (Wildman–Crippen MR) is 124 cm³/mol. The van der Waals surface area contributed by atoms with Gasteiger partial charge in [-0.05, 0) is 73.9 Å². The zero-order valence-electron chi connectivity index (χ0n) is 18.3. The fourth-order valence-corrected chi connectivity index (χ4v) is 4.87. The zero-order valence-corrected chi connectivity index (χ0v) is 18.3. The Morgan fingerprint density at radius 2 is 1.90 bits per heavy atom. The number of anilines is 1. The summed E-state index contributed by atoms with van der Waals surface area (Å²) >= 11 is 0. The number of nitrogens with one attached hydrogen (secondary N) is 1. The summed E-state index contributed by atoms with van der Waals surface area (Å²) < 4.78 is 0. The Balaban J connectivity index is 1.21. The SMILES string of the molecule is C[C@H]1CCCN(Cc2ccc(C(=O)NCCCN3CCCc4ccccc43)cc2)C1. The van der Waals surface area contributed by atoms with Gasteiger partial charge in [0.1, 0.15) is 0 Å². The van der Waals surface area contributed by atoms with Gasteiger partial charge in [-0.25, -0.2) is 0 Å². The van der Waals surface area contributed by atoms with Crippen molar-refractivity contribution in [2.75, 3.05) is 37.6 Å². The van der Waals surface area contributed by atoms with Crippen LogP contribution in [0.3, 0.4) is 0 Å². The van der Waals surface area contributed by atoms with Crippen LogP contribution in [0.15, 0.2) is 48.5 Å². The lowest BCUT2D eigenvalue weighted by Crippen LogP contribution is -2.33. The summed E-state index contributed by atoms with van der Waals surface area (Å²) in [6.45, 7) is 8.52. The monoisotopic (exact) mass is 405 g/mol. The number of benzene rings is 2. The summed E-state index contributed by atoms with van der Waals surface area (Å²) in [6.07, 6.45) is 6.00. The van der Waals surface area contributed by atoms with Gasteiger partial charge in [0.25, 0.3) is 5.91 Å². The topological polar surface area (TPSA) is 35.6 Å². The van der Waals surface area contributed by atoms with E-state index in [1.807, 2.05) is 12.1 Å². The quantitative estimate of drug-likeness (QED) is 0.690. The molecule has 2 aromatic carbocycles. The van der Waals surface area contributed by atoms with Gasteiger partial charge < -0.3 is 10.2 Å². The van der Waals surface area contributed by atoms with Crippen LogP contribution in [-0.4, -0.2) is 43.5 Å². The normalized spacial score (nSPS) is 19.4. The maximum absolute atomic E-state index is 12.5. The summed E-state index contributed by atoms with van der Waals surface area (Å²) in [5, 5.41) is 3.09. The summed E-state index contributed by atoms with van der Waals surface area (Å²) in [5.74, 6) is 0.828. The molecule has 2 heterocycles. The molecule has 2 aromatic rings. The van der Waals surface area contributed by atoms with Crippen LogP contribution in [0.1, 0.15) is 54.1 Å². The van der Waals surface area contributed by atoms with Gasteiger partial charge in [0.05, 0.1) is 0 Å². The predicted octanol–water partition coefficient (Wildman–Crippen LogP) is 4.49. The fourth-order valence-electron chi connectivity index (χ4n) is 4.87. The summed E-state index contributed by atoms with van der Waals surface area (Å²) in [5.41, 5.74) is 4.87. The van der Waals surface area contributed by atoms with Crippen molar-refractivity contribution in [2.24, 2.45) is 5.92 Å². The van der Waals surface area contributed by atoms with Crippen LogP contribution in [0.25, 0.3) is 0 Å². The third-order valence-electron chi connectivity index (χ3n) is 6.46. The number of para-hydroxylation sites is 1. The molecule has 1 N–H and O–H groups in total. The van der Waals surface area contributed by atoms with Gasteiger partial charge in [0.2, 0.25) is 0 Å². The Kier molecular flexibility index (Phi) is 7.06. The van der Waals surface area contributed by atoms with E-state index < -0.39 is 0 Å². The number of carbonyl (C=O) groups excluding carboxylic acids is 1. The van der Waals surface area contributed by atoms with E-state index in [1.54, 1.807) is 0 Å². The molecule has 4 rings (SSSR count). The lowest BCUT2D eigenvalue weighted by Gasteiger charge is -2.31. The van der Waals surface area contributed by atoms with Gasteiger partial charge >= 0.3 is 0 Å². The summed E-state index contributed by atoms with van der Waals surface area (Å²) in [6, 6.07) is 16.9. The van der Waals surface area contributed by atoms with E-state index >= 15 is 0 Å². The van der Waals surface area contributed by atoms with Crippen LogP contribution in [0, 0.1) is 5.92 Å². The van der Waals surface area contributed by atoms with Crippen LogP contribution in [0.2, 0.25) is 0 Å². The first-order valence-corrected chi connectivity index (χ1v) is 11.6. The molecule has 0 radical (unpaired) electrons. The minimum atomic E-state index is 0.0344. The van der Waals surface area contributed by atoms with Crippen molar-refractivity contribution in [3.05, 3.63) is 65.2 Å². The van der Waals surface area contributed by atoms with Crippen molar-refractivity contribution in [3.63, 3.8) is 0 Å². The molecule has 0 aromatic heterocycles. The Hall–Kier alpha value is -2.33. The van der Waals surface area contributed by atoms with Crippen LogP contribution >= 0.6 is 0 Å². The Morgan fingerprint density at radius 1 is 1.07 bits per heavy atom. The lowest BCUT2D eigenvalue weighted by atomic mass is 9.99. The molecule has 0 spiro atoms. The highest BCUT2D eigenvalue weighted by molar-refractivity contribution is 5.94. The van der Waals surface area contributed by atoms with E-state index in [4.69, 9.17) is 0 Å². The lowest BCUT2D eigenvalue weighted by molar-refractivity contribution is 0.0953. The molecule has 0 unspecified atom stereocenters. The smallest absolute Gasteiger partial charge is 0.251 e. The number of amides is 1. The number of piperidine rings is 1. The van der Waals surface area contributed by atoms with Gasteiger partial charge in [-0.15, -0.1) is 0 Å². The van der Waals surface area contributed by atoms with E-state index in [9.17, 15) is 4.79 Å². The molecule has 30 heavy (non-hydrogen) atoms. The third-order valence-corrected chi connectivity index (χ3v) is 6.46. The number of fused-ring (bicyclic) bond motifs is 1. The molecule has 4 nitrogen and oxygen atoms in total. The molecule has 0 aliphatic carbocycles. The van der Waals surface area contributed by atoms with Gasteiger partial charge in [-0.3, -0.25) is 9.69 Å². The molecule has 1 saturated heterocycles.